The van der Waals surface area contributed by atoms with Gasteiger partial charge in [0.05, 0.1) is 11.9 Å². The summed E-state index contributed by atoms with van der Waals surface area (Å²) >= 11 is 11.0. The van der Waals surface area contributed by atoms with Gasteiger partial charge in [-0.1, -0.05) is 35.9 Å². The van der Waals surface area contributed by atoms with Gasteiger partial charge in [0.2, 0.25) is 15.9 Å². The topological polar surface area (TPSA) is 66.5 Å². The predicted octanol–water partition coefficient (Wildman–Crippen LogP) is 4.31. The fourth-order valence-electron chi connectivity index (χ4n) is 2.39. The van der Waals surface area contributed by atoms with Crippen LogP contribution in [0.4, 0.5) is 5.69 Å². The molecular weight excluding hydrogens is 484 g/mol. The number of anilines is 1. The van der Waals surface area contributed by atoms with Crippen molar-refractivity contribution in [2.75, 3.05) is 29.4 Å². The molecule has 0 bridgehead atoms. The summed E-state index contributed by atoms with van der Waals surface area (Å²) in [6, 6.07) is 14.7. The van der Waals surface area contributed by atoms with Crippen molar-refractivity contribution in [2.45, 2.75) is 12.2 Å². The highest BCUT2D eigenvalue weighted by Gasteiger charge is 2.22. The second-order valence-corrected chi connectivity index (χ2v) is 10.4. The van der Waals surface area contributed by atoms with E-state index in [2.05, 4.69) is 21.2 Å². The van der Waals surface area contributed by atoms with Crippen molar-refractivity contribution >= 4 is 60.9 Å². The van der Waals surface area contributed by atoms with Gasteiger partial charge >= 0.3 is 0 Å². The molecule has 9 heteroatoms. The van der Waals surface area contributed by atoms with Crippen LogP contribution in [0.5, 0.6) is 0 Å². The first kappa shape index (κ1) is 23.1. The van der Waals surface area contributed by atoms with Gasteiger partial charge in [-0.25, -0.2) is 8.42 Å². The van der Waals surface area contributed by atoms with Crippen molar-refractivity contribution in [3.05, 3.63) is 63.6 Å². The third kappa shape index (κ3) is 7.66. The average Bonchev–Trinajstić information content (AvgIpc) is 2.64. The van der Waals surface area contributed by atoms with Crippen LogP contribution in [-0.4, -0.2) is 39.4 Å². The quantitative estimate of drug-likeness (QED) is 0.489. The highest BCUT2D eigenvalue weighted by Crippen LogP contribution is 2.27. The monoisotopic (exact) mass is 504 g/mol. The zero-order valence-electron chi connectivity index (χ0n) is 15.4. The van der Waals surface area contributed by atoms with E-state index < -0.39 is 10.0 Å². The lowest BCUT2D eigenvalue weighted by Crippen LogP contribution is -2.40. The van der Waals surface area contributed by atoms with Crippen LogP contribution in [0.2, 0.25) is 5.02 Å². The first-order chi connectivity index (χ1) is 13.3. The number of halogens is 2. The molecular formula is C19H22BrClN2O3S2. The number of sulfonamides is 1. The summed E-state index contributed by atoms with van der Waals surface area (Å²) < 4.78 is 25.9. The Labute approximate surface area is 184 Å². The first-order valence-electron chi connectivity index (χ1n) is 8.58. The van der Waals surface area contributed by atoms with Gasteiger partial charge in [-0.3, -0.25) is 9.10 Å². The molecule has 0 aliphatic heterocycles. The SMILES string of the molecule is CS(=O)(=O)N(CC(=O)NCCCSCc1ccc(Cl)cc1)c1ccccc1Br. The molecule has 0 saturated carbocycles. The van der Waals surface area contributed by atoms with E-state index in [1.807, 2.05) is 24.3 Å². The molecule has 0 aliphatic carbocycles. The molecule has 0 radical (unpaired) electrons. The van der Waals surface area contributed by atoms with Gasteiger partial charge in [-0.05, 0) is 57.9 Å². The minimum atomic E-state index is -3.58. The van der Waals surface area contributed by atoms with Gasteiger partial charge in [-0.2, -0.15) is 11.8 Å². The van der Waals surface area contributed by atoms with Gasteiger partial charge in [0.1, 0.15) is 6.54 Å². The molecule has 0 fully saturated rings. The Balaban J connectivity index is 1.76. The number of carbonyl (C=O) groups is 1. The number of rotatable bonds is 10. The number of carbonyl (C=O) groups excluding carboxylic acids is 1. The van der Waals surface area contributed by atoms with Crippen molar-refractivity contribution in [3.8, 4) is 0 Å². The standard InChI is InChI=1S/C19H22BrClN2O3S2/c1-28(25,26)23(18-6-3-2-5-17(18)20)13-19(24)22-11-4-12-27-14-15-7-9-16(21)10-8-15/h2-3,5-10H,4,11-14H2,1H3,(H,22,24). The molecule has 0 heterocycles. The molecule has 5 nitrogen and oxygen atoms in total. The summed E-state index contributed by atoms with van der Waals surface area (Å²) in [5, 5.41) is 3.51. The Morgan fingerprint density at radius 1 is 1.18 bits per heavy atom. The fraction of sp³-hybridized carbons (Fsp3) is 0.316. The van der Waals surface area contributed by atoms with Crippen LogP contribution in [0.3, 0.4) is 0 Å². The fourth-order valence-corrected chi connectivity index (χ4v) is 4.93. The van der Waals surface area contributed by atoms with E-state index in [0.29, 0.717) is 16.7 Å². The number of hydrogen-bond acceptors (Lipinski definition) is 4. The van der Waals surface area contributed by atoms with Gasteiger partial charge in [0, 0.05) is 21.8 Å². The molecule has 0 aliphatic rings. The number of thioether (sulfide) groups is 1. The normalized spacial score (nSPS) is 11.2. The molecule has 1 N–H and O–H groups in total. The van der Waals surface area contributed by atoms with Crippen molar-refractivity contribution in [2.24, 2.45) is 0 Å². The van der Waals surface area contributed by atoms with Crippen LogP contribution < -0.4 is 9.62 Å². The maximum Gasteiger partial charge on any atom is 0.240 e. The van der Waals surface area contributed by atoms with Crippen molar-refractivity contribution < 1.29 is 13.2 Å². The number of nitrogens with one attached hydrogen (secondary N) is 1. The maximum atomic E-state index is 12.2. The Bertz CT molecular complexity index is 892. The molecule has 0 atom stereocenters. The summed E-state index contributed by atoms with van der Waals surface area (Å²) in [5.41, 5.74) is 1.65. The summed E-state index contributed by atoms with van der Waals surface area (Å²) in [7, 11) is -3.58. The molecule has 1 amide bonds. The molecule has 0 aromatic heterocycles. The second-order valence-electron chi connectivity index (χ2n) is 6.10. The Morgan fingerprint density at radius 2 is 1.86 bits per heavy atom. The molecule has 0 saturated heterocycles. The molecule has 2 aromatic rings. The molecule has 0 unspecified atom stereocenters. The van der Waals surface area contributed by atoms with Crippen LogP contribution in [0.15, 0.2) is 53.0 Å². The minimum Gasteiger partial charge on any atom is -0.354 e. The zero-order chi connectivity index (χ0) is 20.6. The second kappa shape index (κ2) is 11.1. The summed E-state index contributed by atoms with van der Waals surface area (Å²) in [5.74, 6) is 1.45. The van der Waals surface area contributed by atoms with Crippen molar-refractivity contribution in [1.29, 1.82) is 0 Å². The predicted molar refractivity (Wildman–Crippen MR) is 122 cm³/mol. The Morgan fingerprint density at radius 3 is 2.50 bits per heavy atom. The van der Waals surface area contributed by atoms with Crippen LogP contribution in [0.1, 0.15) is 12.0 Å². The van der Waals surface area contributed by atoms with E-state index >= 15 is 0 Å². The molecule has 28 heavy (non-hydrogen) atoms. The molecule has 152 valence electrons. The number of amides is 1. The van der Waals surface area contributed by atoms with Crippen molar-refractivity contribution in [3.63, 3.8) is 0 Å². The van der Waals surface area contributed by atoms with Gasteiger partial charge in [0.15, 0.2) is 0 Å². The zero-order valence-corrected chi connectivity index (χ0v) is 19.4. The number of hydrogen-bond donors (Lipinski definition) is 1. The van der Waals surface area contributed by atoms with E-state index in [0.717, 1.165) is 33.5 Å². The third-order valence-electron chi connectivity index (χ3n) is 3.78. The van der Waals surface area contributed by atoms with Crippen LogP contribution in [0.25, 0.3) is 0 Å². The lowest BCUT2D eigenvalue weighted by Gasteiger charge is -2.23. The lowest BCUT2D eigenvalue weighted by molar-refractivity contribution is -0.119. The molecule has 0 spiro atoms. The summed E-state index contributed by atoms with van der Waals surface area (Å²) in [6.45, 7) is 0.249. The maximum absolute atomic E-state index is 12.2. The Kier molecular flexibility index (Phi) is 9.14. The van der Waals surface area contributed by atoms with Crippen molar-refractivity contribution in [1.82, 2.24) is 5.32 Å². The minimum absolute atomic E-state index is 0.251. The van der Waals surface area contributed by atoms with Crippen LogP contribution >= 0.6 is 39.3 Å². The number of benzene rings is 2. The van der Waals surface area contributed by atoms with Gasteiger partial charge in [-0.15, -0.1) is 0 Å². The van der Waals surface area contributed by atoms with Gasteiger partial charge < -0.3 is 5.32 Å². The van der Waals surface area contributed by atoms with Gasteiger partial charge in [0.25, 0.3) is 0 Å². The van der Waals surface area contributed by atoms with E-state index in [-0.39, 0.29) is 12.5 Å². The van der Waals surface area contributed by atoms with E-state index in [9.17, 15) is 13.2 Å². The largest absolute Gasteiger partial charge is 0.354 e. The number of nitrogens with zero attached hydrogens (tertiary/aromatic N) is 1. The smallest absolute Gasteiger partial charge is 0.240 e. The summed E-state index contributed by atoms with van der Waals surface area (Å²) in [4.78, 5) is 12.2. The van der Waals surface area contributed by atoms with Crippen LogP contribution in [0, 0.1) is 0 Å². The first-order valence-corrected chi connectivity index (χ1v) is 12.8. The third-order valence-corrected chi connectivity index (χ3v) is 6.94. The number of para-hydroxylation sites is 1. The van der Waals surface area contributed by atoms with Crippen LogP contribution in [-0.2, 0) is 20.6 Å². The highest BCUT2D eigenvalue weighted by molar-refractivity contribution is 9.10. The lowest BCUT2D eigenvalue weighted by atomic mass is 10.2. The summed E-state index contributed by atoms with van der Waals surface area (Å²) in [6.07, 6.45) is 1.89. The van der Waals surface area contributed by atoms with E-state index in [1.165, 1.54) is 5.56 Å². The highest BCUT2D eigenvalue weighted by atomic mass is 79.9. The average molecular weight is 506 g/mol. The Hall–Kier alpha value is -1.22. The van der Waals surface area contributed by atoms with E-state index in [1.54, 1.807) is 36.0 Å². The molecule has 2 rings (SSSR count). The molecule has 2 aromatic carbocycles. The van der Waals surface area contributed by atoms with E-state index in [4.69, 9.17) is 11.6 Å².